The molecular weight excluding hydrogens is 236 g/mol. The van der Waals surface area contributed by atoms with Gasteiger partial charge in [-0.05, 0) is 44.5 Å². The summed E-state index contributed by atoms with van der Waals surface area (Å²) < 4.78 is 0. The number of carbonyl (C=O) groups excluding carboxylic acids is 1. The molecule has 0 bridgehead atoms. The van der Waals surface area contributed by atoms with Crippen molar-refractivity contribution in [3.8, 4) is 0 Å². The molecule has 1 aromatic carbocycles. The molecule has 1 aliphatic rings. The molecule has 1 unspecified atom stereocenters. The average Bonchev–Trinajstić information content (AvgIpc) is 2.94. The highest BCUT2D eigenvalue weighted by molar-refractivity contribution is 5.87. The Kier molecular flexibility index (Phi) is 5.16. The molecule has 1 amide bonds. The minimum Gasteiger partial charge on any atom is -0.351 e. The molecule has 1 aliphatic heterocycles. The lowest BCUT2D eigenvalue weighted by atomic mass is 10.1. The highest BCUT2D eigenvalue weighted by Crippen LogP contribution is 2.24. The Morgan fingerprint density at radius 3 is 2.63 bits per heavy atom. The van der Waals surface area contributed by atoms with Crippen LogP contribution in [0, 0.1) is 0 Å². The third-order valence-corrected chi connectivity index (χ3v) is 3.55. The number of carbonyl (C=O) groups is 1. The Morgan fingerprint density at radius 2 is 2.00 bits per heavy atom. The van der Waals surface area contributed by atoms with Gasteiger partial charge < -0.3 is 5.32 Å². The third kappa shape index (κ3) is 3.93. The Balaban J connectivity index is 2.04. The first kappa shape index (κ1) is 13.8. The monoisotopic (exact) mass is 258 g/mol. The van der Waals surface area contributed by atoms with E-state index in [0.29, 0.717) is 6.54 Å². The van der Waals surface area contributed by atoms with E-state index in [1.54, 1.807) is 12.2 Å². The minimum atomic E-state index is -0.0115. The van der Waals surface area contributed by atoms with Crippen LogP contribution in [-0.2, 0) is 4.79 Å². The van der Waals surface area contributed by atoms with Crippen LogP contribution in [0.1, 0.15) is 31.4 Å². The maximum Gasteiger partial charge on any atom is 0.243 e. The second-order valence-corrected chi connectivity index (χ2v) is 4.91. The largest absolute Gasteiger partial charge is 0.351 e. The molecule has 0 radical (unpaired) electrons. The molecule has 102 valence electrons. The maximum absolute atomic E-state index is 11.6. The predicted octanol–water partition coefficient (Wildman–Crippen LogP) is 2.52. The lowest BCUT2D eigenvalue weighted by molar-refractivity contribution is -0.116. The standard InChI is InChI=1S/C16H22N2O/c1-2-8-16(19)17-13-15(18-11-6-7-12-18)14-9-4-3-5-10-14/h2-5,8-10,15H,6-7,11-13H2,1H3,(H,17,19)/b8-2+. The molecule has 1 atom stereocenters. The van der Waals surface area contributed by atoms with E-state index in [2.05, 4.69) is 34.5 Å². The number of benzene rings is 1. The molecule has 2 rings (SSSR count). The smallest absolute Gasteiger partial charge is 0.243 e. The number of allylic oxidation sites excluding steroid dienone is 1. The van der Waals surface area contributed by atoms with Gasteiger partial charge in [0.25, 0.3) is 0 Å². The highest BCUT2D eigenvalue weighted by Gasteiger charge is 2.23. The van der Waals surface area contributed by atoms with Gasteiger partial charge >= 0.3 is 0 Å². The molecule has 0 spiro atoms. The number of nitrogens with zero attached hydrogens (tertiary/aromatic N) is 1. The van der Waals surface area contributed by atoms with Crippen molar-refractivity contribution < 1.29 is 4.79 Å². The first-order chi connectivity index (χ1) is 9.31. The molecule has 1 N–H and O–H groups in total. The van der Waals surface area contributed by atoms with Crippen LogP contribution in [0.4, 0.5) is 0 Å². The van der Waals surface area contributed by atoms with Crippen molar-refractivity contribution in [3.05, 3.63) is 48.0 Å². The van der Waals surface area contributed by atoms with Crippen LogP contribution in [0.2, 0.25) is 0 Å². The Bertz CT molecular complexity index is 422. The molecule has 1 aromatic rings. The summed E-state index contributed by atoms with van der Waals surface area (Å²) in [5, 5.41) is 2.99. The zero-order valence-electron chi connectivity index (χ0n) is 11.5. The first-order valence-electron chi connectivity index (χ1n) is 7.01. The molecule has 0 saturated carbocycles. The molecule has 1 fully saturated rings. The summed E-state index contributed by atoms with van der Waals surface area (Å²) in [7, 11) is 0. The molecule has 1 heterocycles. The van der Waals surface area contributed by atoms with E-state index >= 15 is 0 Å². The zero-order valence-corrected chi connectivity index (χ0v) is 11.5. The van der Waals surface area contributed by atoms with Crippen LogP contribution in [0.15, 0.2) is 42.5 Å². The first-order valence-corrected chi connectivity index (χ1v) is 7.01. The van der Waals surface area contributed by atoms with Crippen LogP contribution >= 0.6 is 0 Å². The van der Waals surface area contributed by atoms with Crippen LogP contribution < -0.4 is 5.32 Å². The van der Waals surface area contributed by atoms with E-state index in [1.165, 1.54) is 18.4 Å². The molecule has 1 saturated heterocycles. The van der Waals surface area contributed by atoms with Gasteiger partial charge in [-0.15, -0.1) is 0 Å². The van der Waals surface area contributed by atoms with E-state index in [4.69, 9.17) is 0 Å². The van der Waals surface area contributed by atoms with Crippen molar-refractivity contribution in [1.82, 2.24) is 10.2 Å². The van der Waals surface area contributed by atoms with Gasteiger partial charge in [0.15, 0.2) is 0 Å². The van der Waals surface area contributed by atoms with Gasteiger partial charge in [0, 0.05) is 6.54 Å². The molecular formula is C16H22N2O. The molecule has 0 aromatic heterocycles. The molecule has 3 nitrogen and oxygen atoms in total. The van der Waals surface area contributed by atoms with Gasteiger partial charge in [0.1, 0.15) is 0 Å². The van der Waals surface area contributed by atoms with Crippen molar-refractivity contribution in [3.63, 3.8) is 0 Å². The average molecular weight is 258 g/mol. The van der Waals surface area contributed by atoms with E-state index < -0.39 is 0 Å². The van der Waals surface area contributed by atoms with Crippen molar-refractivity contribution in [1.29, 1.82) is 0 Å². The third-order valence-electron chi connectivity index (χ3n) is 3.55. The second kappa shape index (κ2) is 7.10. The molecule has 3 heteroatoms. The van der Waals surface area contributed by atoms with Crippen molar-refractivity contribution in [2.45, 2.75) is 25.8 Å². The number of hydrogen-bond acceptors (Lipinski definition) is 2. The fourth-order valence-electron chi connectivity index (χ4n) is 2.59. The predicted molar refractivity (Wildman–Crippen MR) is 77.8 cm³/mol. The lowest BCUT2D eigenvalue weighted by Gasteiger charge is -2.28. The van der Waals surface area contributed by atoms with Gasteiger partial charge in [0.05, 0.1) is 6.04 Å². The Hall–Kier alpha value is -1.61. The Labute approximate surface area is 115 Å². The topological polar surface area (TPSA) is 32.3 Å². The van der Waals surface area contributed by atoms with Gasteiger partial charge in [-0.1, -0.05) is 36.4 Å². The number of likely N-dealkylation sites (tertiary alicyclic amines) is 1. The zero-order chi connectivity index (χ0) is 13.5. The molecule has 0 aliphatic carbocycles. The fourth-order valence-corrected chi connectivity index (χ4v) is 2.59. The fraction of sp³-hybridized carbons (Fsp3) is 0.438. The minimum absolute atomic E-state index is 0.0115. The van der Waals surface area contributed by atoms with E-state index in [1.807, 2.05) is 13.0 Å². The summed E-state index contributed by atoms with van der Waals surface area (Å²) in [6, 6.07) is 10.7. The quantitative estimate of drug-likeness (QED) is 0.823. The normalized spacial score (nSPS) is 17.7. The summed E-state index contributed by atoms with van der Waals surface area (Å²) in [6.07, 6.45) is 5.85. The van der Waals surface area contributed by atoms with Crippen LogP contribution in [-0.4, -0.2) is 30.4 Å². The second-order valence-electron chi connectivity index (χ2n) is 4.91. The Morgan fingerprint density at radius 1 is 1.32 bits per heavy atom. The van der Waals surface area contributed by atoms with Crippen molar-refractivity contribution in [2.75, 3.05) is 19.6 Å². The van der Waals surface area contributed by atoms with Crippen LogP contribution in [0.25, 0.3) is 0 Å². The number of nitrogens with one attached hydrogen (secondary N) is 1. The van der Waals surface area contributed by atoms with Crippen LogP contribution in [0.3, 0.4) is 0 Å². The summed E-state index contributed by atoms with van der Waals surface area (Å²) >= 11 is 0. The van der Waals surface area contributed by atoms with Gasteiger partial charge in [-0.3, -0.25) is 9.69 Å². The number of rotatable bonds is 5. The van der Waals surface area contributed by atoms with Gasteiger partial charge in [-0.2, -0.15) is 0 Å². The SMILES string of the molecule is C/C=C/C(=O)NCC(c1ccccc1)N1CCCC1. The van der Waals surface area contributed by atoms with Crippen LogP contribution in [0.5, 0.6) is 0 Å². The van der Waals surface area contributed by atoms with E-state index in [9.17, 15) is 4.79 Å². The summed E-state index contributed by atoms with van der Waals surface area (Å²) in [5.41, 5.74) is 1.28. The maximum atomic E-state index is 11.6. The van der Waals surface area contributed by atoms with Gasteiger partial charge in [-0.25, -0.2) is 0 Å². The number of amides is 1. The number of hydrogen-bond donors (Lipinski definition) is 1. The summed E-state index contributed by atoms with van der Waals surface area (Å²) in [6.45, 7) is 4.78. The summed E-state index contributed by atoms with van der Waals surface area (Å²) in [5.74, 6) is -0.0115. The van der Waals surface area contributed by atoms with E-state index in [0.717, 1.165) is 13.1 Å². The van der Waals surface area contributed by atoms with Gasteiger partial charge in [0.2, 0.25) is 5.91 Å². The summed E-state index contributed by atoms with van der Waals surface area (Å²) in [4.78, 5) is 14.0. The lowest BCUT2D eigenvalue weighted by Crippen LogP contribution is -2.36. The van der Waals surface area contributed by atoms with Crippen molar-refractivity contribution in [2.24, 2.45) is 0 Å². The highest BCUT2D eigenvalue weighted by atomic mass is 16.1. The van der Waals surface area contributed by atoms with Crippen molar-refractivity contribution >= 4 is 5.91 Å². The molecule has 19 heavy (non-hydrogen) atoms. The van der Waals surface area contributed by atoms with E-state index in [-0.39, 0.29) is 11.9 Å².